The third-order valence-corrected chi connectivity index (χ3v) is 7.74. The molecule has 0 saturated heterocycles. The van der Waals surface area contributed by atoms with E-state index >= 15 is 0 Å². The van der Waals surface area contributed by atoms with E-state index in [1.807, 2.05) is 60.7 Å². The highest BCUT2D eigenvalue weighted by Gasteiger charge is 2.35. The van der Waals surface area contributed by atoms with Crippen molar-refractivity contribution in [1.82, 2.24) is 15.0 Å². The van der Waals surface area contributed by atoms with Crippen molar-refractivity contribution in [3.63, 3.8) is 0 Å². The highest BCUT2D eigenvalue weighted by Crippen LogP contribution is 2.49. The second-order valence-corrected chi connectivity index (χ2v) is 10.6. The van der Waals surface area contributed by atoms with Gasteiger partial charge in [-0.3, -0.25) is 0 Å². The molecule has 0 aliphatic heterocycles. The fourth-order valence-electron chi connectivity index (χ4n) is 5.66. The number of benzene rings is 5. The van der Waals surface area contributed by atoms with Crippen LogP contribution >= 0.6 is 0 Å². The van der Waals surface area contributed by atoms with Crippen LogP contribution in [0.5, 0.6) is 0 Å². The first-order chi connectivity index (χ1) is 19.1. The summed E-state index contributed by atoms with van der Waals surface area (Å²) in [5.74, 6) is 2.00. The fraction of sp³-hybridized carbons (Fsp3) is 0.0833. The molecular formula is C36H27N3. The van der Waals surface area contributed by atoms with Crippen LogP contribution in [0.3, 0.4) is 0 Å². The number of rotatable bonds is 4. The summed E-state index contributed by atoms with van der Waals surface area (Å²) in [7, 11) is 0. The van der Waals surface area contributed by atoms with E-state index in [0.717, 1.165) is 22.3 Å². The largest absolute Gasteiger partial charge is 0.208 e. The SMILES string of the molecule is CC1(C)c2ccccc2-c2ccc(-c3cccc(-c4nc(-c5ccccc5)nc(-c5ccccc5)n4)c3)cc21. The third kappa shape index (κ3) is 4.04. The first-order valence-electron chi connectivity index (χ1n) is 13.3. The number of fused-ring (bicyclic) bond motifs is 3. The van der Waals surface area contributed by atoms with Gasteiger partial charge in [0.25, 0.3) is 0 Å². The Balaban J connectivity index is 1.34. The van der Waals surface area contributed by atoms with Crippen molar-refractivity contribution in [1.29, 1.82) is 0 Å². The molecular weight excluding hydrogens is 474 g/mol. The average Bonchev–Trinajstić information content (AvgIpc) is 3.24. The topological polar surface area (TPSA) is 38.7 Å². The first-order valence-corrected chi connectivity index (χ1v) is 13.3. The van der Waals surface area contributed by atoms with Gasteiger partial charge in [0.1, 0.15) is 0 Å². The number of hydrogen-bond donors (Lipinski definition) is 0. The Kier molecular flexibility index (Phi) is 5.45. The summed E-state index contributed by atoms with van der Waals surface area (Å²) >= 11 is 0. The Morgan fingerprint density at radius 3 is 1.54 bits per heavy atom. The molecule has 0 fully saturated rings. The summed E-state index contributed by atoms with van der Waals surface area (Å²) in [6.45, 7) is 4.64. The molecule has 39 heavy (non-hydrogen) atoms. The van der Waals surface area contributed by atoms with Crippen LogP contribution in [0, 0.1) is 0 Å². The Bertz CT molecular complexity index is 1760. The molecule has 3 nitrogen and oxygen atoms in total. The van der Waals surface area contributed by atoms with E-state index in [1.165, 1.54) is 27.8 Å². The van der Waals surface area contributed by atoms with Gasteiger partial charge in [0.05, 0.1) is 0 Å². The van der Waals surface area contributed by atoms with Gasteiger partial charge in [0, 0.05) is 22.1 Å². The van der Waals surface area contributed by atoms with Crippen LogP contribution in [0.2, 0.25) is 0 Å². The highest BCUT2D eigenvalue weighted by molar-refractivity contribution is 5.84. The summed E-state index contributed by atoms with van der Waals surface area (Å²) in [5.41, 5.74) is 10.6. The van der Waals surface area contributed by atoms with E-state index in [1.54, 1.807) is 0 Å². The number of aromatic nitrogens is 3. The van der Waals surface area contributed by atoms with Gasteiger partial charge < -0.3 is 0 Å². The maximum atomic E-state index is 4.92. The standard InChI is InChI=1S/C36H27N3/c1-36(2)31-19-10-9-18-29(31)30-21-20-27(23-32(30)36)26-16-11-17-28(22-26)35-38-33(24-12-5-3-6-13-24)37-34(39-35)25-14-7-4-8-15-25/h3-23H,1-2H3. The maximum absolute atomic E-state index is 4.92. The molecule has 0 bridgehead atoms. The predicted octanol–water partition coefficient (Wildman–Crippen LogP) is 8.85. The van der Waals surface area contributed by atoms with Crippen LogP contribution in [-0.4, -0.2) is 15.0 Å². The Morgan fingerprint density at radius 2 is 0.872 bits per heavy atom. The van der Waals surface area contributed by atoms with Gasteiger partial charge in [-0.05, 0) is 45.5 Å². The molecule has 0 atom stereocenters. The molecule has 1 heterocycles. The molecule has 0 radical (unpaired) electrons. The lowest BCUT2D eigenvalue weighted by Crippen LogP contribution is -2.14. The molecule has 186 valence electrons. The minimum absolute atomic E-state index is 0.0388. The lowest BCUT2D eigenvalue weighted by Gasteiger charge is -2.22. The summed E-state index contributed by atoms with van der Waals surface area (Å²) in [6, 6.07) is 44.3. The molecule has 6 aromatic rings. The Morgan fingerprint density at radius 1 is 0.385 bits per heavy atom. The number of hydrogen-bond acceptors (Lipinski definition) is 3. The zero-order valence-corrected chi connectivity index (χ0v) is 22.0. The Hall–Kier alpha value is -4.89. The van der Waals surface area contributed by atoms with Crippen molar-refractivity contribution < 1.29 is 0 Å². The average molecular weight is 502 g/mol. The first kappa shape index (κ1) is 23.2. The normalized spacial score (nSPS) is 13.1. The summed E-state index contributed by atoms with van der Waals surface area (Å²) in [4.78, 5) is 14.7. The molecule has 7 rings (SSSR count). The predicted molar refractivity (Wildman–Crippen MR) is 159 cm³/mol. The molecule has 1 aliphatic carbocycles. The van der Waals surface area contributed by atoms with E-state index in [-0.39, 0.29) is 5.41 Å². The monoisotopic (exact) mass is 501 g/mol. The highest BCUT2D eigenvalue weighted by atomic mass is 15.0. The summed E-state index contributed by atoms with van der Waals surface area (Å²) in [5, 5.41) is 0. The minimum Gasteiger partial charge on any atom is -0.208 e. The van der Waals surface area contributed by atoms with Crippen LogP contribution in [0.4, 0.5) is 0 Å². The van der Waals surface area contributed by atoms with Crippen LogP contribution in [0.25, 0.3) is 56.4 Å². The van der Waals surface area contributed by atoms with Crippen LogP contribution < -0.4 is 0 Å². The lowest BCUT2D eigenvalue weighted by molar-refractivity contribution is 0.660. The van der Waals surface area contributed by atoms with Gasteiger partial charge in [-0.2, -0.15) is 0 Å². The summed E-state index contributed by atoms with van der Waals surface area (Å²) < 4.78 is 0. The van der Waals surface area contributed by atoms with E-state index in [0.29, 0.717) is 17.5 Å². The lowest BCUT2D eigenvalue weighted by atomic mass is 9.81. The van der Waals surface area contributed by atoms with E-state index in [2.05, 4.69) is 80.6 Å². The van der Waals surface area contributed by atoms with E-state index < -0.39 is 0 Å². The van der Waals surface area contributed by atoms with Crippen molar-refractivity contribution in [2.45, 2.75) is 19.3 Å². The molecule has 3 heteroatoms. The van der Waals surface area contributed by atoms with Gasteiger partial charge in [0.2, 0.25) is 0 Å². The second kappa shape index (κ2) is 9.14. The minimum atomic E-state index is -0.0388. The van der Waals surface area contributed by atoms with Crippen molar-refractivity contribution in [3.8, 4) is 56.4 Å². The molecule has 1 aliphatic rings. The molecule has 0 N–H and O–H groups in total. The fourth-order valence-corrected chi connectivity index (χ4v) is 5.66. The summed E-state index contributed by atoms with van der Waals surface area (Å²) in [6.07, 6.45) is 0. The Labute approximate surface area is 228 Å². The van der Waals surface area contributed by atoms with E-state index in [9.17, 15) is 0 Å². The molecule has 0 saturated carbocycles. The van der Waals surface area contributed by atoms with Gasteiger partial charge in [0.15, 0.2) is 17.5 Å². The second-order valence-electron chi connectivity index (χ2n) is 10.6. The number of nitrogens with zero attached hydrogens (tertiary/aromatic N) is 3. The van der Waals surface area contributed by atoms with Gasteiger partial charge in [-0.15, -0.1) is 0 Å². The van der Waals surface area contributed by atoms with Crippen LogP contribution in [0.15, 0.2) is 127 Å². The molecule has 0 spiro atoms. The van der Waals surface area contributed by atoms with Crippen LogP contribution in [-0.2, 0) is 5.41 Å². The smallest absolute Gasteiger partial charge is 0.164 e. The molecule has 1 aromatic heterocycles. The van der Waals surface area contributed by atoms with Crippen LogP contribution in [0.1, 0.15) is 25.0 Å². The van der Waals surface area contributed by atoms with Gasteiger partial charge in [-0.25, -0.2) is 15.0 Å². The quantitative estimate of drug-likeness (QED) is 0.242. The van der Waals surface area contributed by atoms with Crippen molar-refractivity contribution in [3.05, 3.63) is 139 Å². The third-order valence-electron chi connectivity index (χ3n) is 7.74. The molecule has 0 unspecified atom stereocenters. The molecule has 0 amide bonds. The van der Waals surface area contributed by atoms with Gasteiger partial charge >= 0.3 is 0 Å². The van der Waals surface area contributed by atoms with Crippen molar-refractivity contribution >= 4 is 0 Å². The zero-order valence-electron chi connectivity index (χ0n) is 22.0. The van der Waals surface area contributed by atoms with Gasteiger partial charge in [-0.1, -0.05) is 129 Å². The van der Waals surface area contributed by atoms with Crippen molar-refractivity contribution in [2.24, 2.45) is 0 Å². The van der Waals surface area contributed by atoms with Crippen molar-refractivity contribution in [2.75, 3.05) is 0 Å². The maximum Gasteiger partial charge on any atom is 0.164 e. The molecule has 5 aromatic carbocycles. The van der Waals surface area contributed by atoms with E-state index in [4.69, 9.17) is 15.0 Å². The zero-order chi connectivity index (χ0) is 26.4.